The molecule has 4 aromatic rings. The fraction of sp³-hybridized carbons (Fsp3) is 0.455. The van der Waals surface area contributed by atoms with Gasteiger partial charge in [0.1, 0.15) is 0 Å². The van der Waals surface area contributed by atoms with Gasteiger partial charge in [0.2, 0.25) is 0 Å². The van der Waals surface area contributed by atoms with E-state index >= 15 is 0 Å². The lowest BCUT2D eigenvalue weighted by Gasteiger charge is -2.57. The molecule has 3 N–H and O–H groups in total. The number of nitrogens with two attached hydrogens (primary N) is 1. The highest BCUT2D eigenvalue weighted by Gasteiger charge is 2.51. The molecular weight excluding hydrogens is 424 g/mol. The molecule has 0 radical (unpaired) electrons. The van der Waals surface area contributed by atoms with E-state index < -0.39 is 0 Å². The average molecular weight is 463 g/mol. The number of rotatable bonds is 6. The maximum Gasteiger partial charge on any atom is 0.0503 e. The number of nitrogens with one attached hydrogen (secondary N) is 1. The molecule has 1 aromatic heterocycles. The maximum absolute atomic E-state index is 5.91. The summed E-state index contributed by atoms with van der Waals surface area (Å²) in [6, 6.07) is 21.0. The smallest absolute Gasteiger partial charge is 0.0503 e. The molecule has 4 aliphatic rings. The van der Waals surface area contributed by atoms with E-state index in [1.165, 1.54) is 82.6 Å². The Morgan fingerprint density at radius 3 is 2.26 bits per heavy atom. The van der Waals surface area contributed by atoms with E-state index in [9.17, 15) is 0 Å². The molecule has 4 aliphatic carbocycles. The van der Waals surface area contributed by atoms with Crippen LogP contribution < -0.4 is 5.73 Å². The number of aryl methyl sites for hydroxylation is 2. The first-order valence-electron chi connectivity index (χ1n) is 14.0. The van der Waals surface area contributed by atoms with Crippen LogP contribution in [0.15, 0.2) is 54.6 Å². The molecule has 0 aliphatic heterocycles. The van der Waals surface area contributed by atoms with Crippen molar-refractivity contribution in [3.05, 3.63) is 71.3 Å². The van der Waals surface area contributed by atoms with Crippen LogP contribution in [0.3, 0.4) is 0 Å². The van der Waals surface area contributed by atoms with Crippen molar-refractivity contribution >= 4 is 21.7 Å². The third-order valence-electron chi connectivity index (χ3n) is 9.85. The predicted octanol–water partition coefficient (Wildman–Crippen LogP) is 8.05. The number of fused-ring (bicyclic) bond motifs is 2. The second-order valence-corrected chi connectivity index (χ2v) is 12.2. The maximum atomic E-state index is 5.91. The molecule has 0 amide bonds. The van der Waals surface area contributed by atoms with E-state index in [1.807, 2.05) is 0 Å². The molecule has 180 valence electrons. The number of aromatic nitrogens is 1. The van der Waals surface area contributed by atoms with Gasteiger partial charge < -0.3 is 10.7 Å². The molecule has 0 saturated heterocycles. The molecule has 35 heavy (non-hydrogen) atoms. The molecule has 0 atom stereocenters. The zero-order chi connectivity index (χ0) is 23.6. The molecule has 2 nitrogen and oxygen atoms in total. The van der Waals surface area contributed by atoms with Crippen molar-refractivity contribution in [3.63, 3.8) is 0 Å². The van der Waals surface area contributed by atoms with E-state index in [2.05, 4.69) is 66.5 Å². The minimum Gasteiger partial charge on any atom is -0.354 e. The molecule has 0 unspecified atom stereocenters. The van der Waals surface area contributed by atoms with E-state index in [4.69, 9.17) is 5.73 Å². The number of unbranched alkanes of at least 4 members (excludes halogenated alkanes) is 1. The van der Waals surface area contributed by atoms with Gasteiger partial charge >= 0.3 is 0 Å². The van der Waals surface area contributed by atoms with Crippen molar-refractivity contribution in [2.45, 2.75) is 70.1 Å². The summed E-state index contributed by atoms with van der Waals surface area (Å²) in [5.41, 5.74) is 14.7. The van der Waals surface area contributed by atoms with Crippen LogP contribution in [0.4, 0.5) is 0 Å². The van der Waals surface area contributed by atoms with E-state index in [0.717, 1.165) is 43.6 Å². The second-order valence-electron chi connectivity index (χ2n) is 12.2. The molecule has 4 saturated carbocycles. The first-order chi connectivity index (χ1) is 17.1. The van der Waals surface area contributed by atoms with Gasteiger partial charge in [0.25, 0.3) is 0 Å². The molecule has 4 fully saturated rings. The van der Waals surface area contributed by atoms with Gasteiger partial charge in [-0.25, -0.2) is 0 Å². The number of hydrogen-bond donors (Lipinski definition) is 2. The summed E-state index contributed by atoms with van der Waals surface area (Å²) in [6.45, 7) is 2.99. The van der Waals surface area contributed by atoms with Crippen LogP contribution in [0.2, 0.25) is 0 Å². The summed E-state index contributed by atoms with van der Waals surface area (Å²) in [4.78, 5) is 3.89. The SMILES string of the molecule is Cc1ccc(-c2[nH]c3ccc(C45CC6CC(CC(C6)C4)C5)cc3c2CCCCN)c2ccccc12. The molecular formula is C33H38N2. The van der Waals surface area contributed by atoms with E-state index in [-0.39, 0.29) is 0 Å². The van der Waals surface area contributed by atoms with E-state index in [1.54, 1.807) is 5.56 Å². The third-order valence-corrected chi connectivity index (χ3v) is 9.85. The second kappa shape index (κ2) is 8.23. The Kier molecular flexibility index (Phi) is 5.10. The lowest BCUT2D eigenvalue weighted by atomic mass is 9.48. The zero-order valence-corrected chi connectivity index (χ0v) is 21.1. The van der Waals surface area contributed by atoms with Crippen LogP contribution in [0.5, 0.6) is 0 Å². The molecule has 3 aromatic carbocycles. The standard InChI is InChI=1S/C33H38N2/c1-21-9-11-29(27-7-3-2-6-26(21)27)32-28(8-4-5-13-34)30-17-25(10-12-31(30)35-32)33-18-22-14-23(19-33)16-24(15-22)20-33/h2-3,6-7,9-12,17,22-24,35H,4-5,8,13-16,18-20,34H2,1H3. The monoisotopic (exact) mass is 462 g/mol. The van der Waals surface area contributed by atoms with Crippen LogP contribution >= 0.6 is 0 Å². The van der Waals surface area contributed by atoms with Gasteiger partial charge in [-0.1, -0.05) is 42.5 Å². The minimum atomic E-state index is 0.436. The summed E-state index contributed by atoms with van der Waals surface area (Å²) in [7, 11) is 0. The molecule has 8 rings (SSSR count). The molecule has 0 spiro atoms. The van der Waals surface area contributed by atoms with Crippen molar-refractivity contribution < 1.29 is 0 Å². The summed E-state index contributed by atoms with van der Waals surface area (Å²) in [5.74, 6) is 2.92. The first-order valence-corrected chi connectivity index (χ1v) is 14.0. The van der Waals surface area contributed by atoms with Gasteiger partial charge in [-0.3, -0.25) is 0 Å². The van der Waals surface area contributed by atoms with Gasteiger partial charge in [-0.15, -0.1) is 0 Å². The van der Waals surface area contributed by atoms with Gasteiger partial charge in [0.05, 0.1) is 5.69 Å². The fourth-order valence-electron chi connectivity index (χ4n) is 8.65. The zero-order valence-electron chi connectivity index (χ0n) is 21.1. The molecule has 2 heteroatoms. The van der Waals surface area contributed by atoms with Crippen molar-refractivity contribution in [2.75, 3.05) is 6.54 Å². The molecule has 4 bridgehead atoms. The summed E-state index contributed by atoms with van der Waals surface area (Å²) in [6.07, 6.45) is 12.1. The normalized spacial score (nSPS) is 27.3. The number of hydrogen-bond acceptors (Lipinski definition) is 1. The Balaban J connectivity index is 1.39. The lowest BCUT2D eigenvalue weighted by Crippen LogP contribution is -2.48. The lowest BCUT2D eigenvalue weighted by molar-refractivity contribution is -0.00513. The van der Waals surface area contributed by atoms with Crippen LogP contribution in [0.25, 0.3) is 32.9 Å². The quantitative estimate of drug-likeness (QED) is 0.280. The third kappa shape index (κ3) is 3.48. The van der Waals surface area contributed by atoms with Gasteiger partial charge in [-0.05, 0) is 134 Å². The van der Waals surface area contributed by atoms with Crippen molar-refractivity contribution in [3.8, 4) is 11.3 Å². The number of benzene rings is 3. The Morgan fingerprint density at radius 2 is 1.54 bits per heavy atom. The fourth-order valence-corrected chi connectivity index (χ4v) is 8.65. The van der Waals surface area contributed by atoms with Crippen molar-refractivity contribution in [1.29, 1.82) is 0 Å². The van der Waals surface area contributed by atoms with Gasteiger partial charge in [-0.2, -0.15) is 0 Å². The van der Waals surface area contributed by atoms with Crippen LogP contribution in [-0.4, -0.2) is 11.5 Å². The van der Waals surface area contributed by atoms with Gasteiger partial charge in [0, 0.05) is 16.5 Å². The van der Waals surface area contributed by atoms with Crippen LogP contribution in [0, 0.1) is 24.7 Å². The first kappa shape index (κ1) is 21.7. The number of aromatic amines is 1. The largest absolute Gasteiger partial charge is 0.354 e. The minimum absolute atomic E-state index is 0.436. The Hall–Kier alpha value is -2.58. The van der Waals surface area contributed by atoms with Gasteiger partial charge in [0.15, 0.2) is 0 Å². The predicted molar refractivity (Wildman–Crippen MR) is 148 cm³/mol. The Bertz CT molecular complexity index is 1370. The summed E-state index contributed by atoms with van der Waals surface area (Å²) >= 11 is 0. The highest BCUT2D eigenvalue weighted by Crippen LogP contribution is 2.61. The summed E-state index contributed by atoms with van der Waals surface area (Å²) < 4.78 is 0. The average Bonchev–Trinajstić information content (AvgIpc) is 3.21. The Labute approximate surface area is 209 Å². The van der Waals surface area contributed by atoms with Crippen molar-refractivity contribution in [1.82, 2.24) is 4.98 Å². The summed E-state index contributed by atoms with van der Waals surface area (Å²) in [5, 5.41) is 4.15. The molecule has 1 heterocycles. The number of H-pyrrole nitrogens is 1. The topological polar surface area (TPSA) is 41.8 Å². The Morgan fingerprint density at radius 1 is 0.829 bits per heavy atom. The highest BCUT2D eigenvalue weighted by atomic mass is 14.7. The highest BCUT2D eigenvalue weighted by molar-refractivity contribution is 6.02. The van der Waals surface area contributed by atoms with Crippen LogP contribution in [0.1, 0.15) is 68.1 Å². The van der Waals surface area contributed by atoms with Crippen molar-refractivity contribution in [2.24, 2.45) is 23.5 Å². The van der Waals surface area contributed by atoms with E-state index in [0.29, 0.717) is 5.41 Å². The van der Waals surface area contributed by atoms with Crippen LogP contribution in [-0.2, 0) is 11.8 Å².